The molecule has 0 bridgehead atoms. The van der Waals surface area contributed by atoms with Crippen LogP contribution < -0.4 is 9.62 Å². The summed E-state index contributed by atoms with van der Waals surface area (Å²) in [5.74, 6) is -0.345. The van der Waals surface area contributed by atoms with Crippen molar-refractivity contribution >= 4 is 27.3 Å². The van der Waals surface area contributed by atoms with Gasteiger partial charge in [-0.1, -0.05) is 35.9 Å². The molecule has 0 spiro atoms. The van der Waals surface area contributed by atoms with Crippen molar-refractivity contribution in [3.8, 4) is 0 Å². The van der Waals surface area contributed by atoms with E-state index < -0.39 is 10.0 Å². The third-order valence-electron chi connectivity index (χ3n) is 5.28. The zero-order chi connectivity index (χ0) is 20.8. The summed E-state index contributed by atoms with van der Waals surface area (Å²) < 4.78 is 29.4. The van der Waals surface area contributed by atoms with Crippen LogP contribution >= 0.6 is 0 Å². The zero-order valence-electron chi connectivity index (χ0n) is 16.6. The van der Waals surface area contributed by atoms with Gasteiger partial charge in [-0.15, -0.1) is 0 Å². The van der Waals surface area contributed by atoms with Gasteiger partial charge in [0.2, 0.25) is 0 Å². The summed E-state index contributed by atoms with van der Waals surface area (Å²) in [5.41, 5.74) is 4.78. The van der Waals surface area contributed by atoms with Gasteiger partial charge in [0.1, 0.15) is 10.6 Å². The average Bonchev–Trinajstić information content (AvgIpc) is 3.28. The van der Waals surface area contributed by atoms with Crippen molar-refractivity contribution in [1.82, 2.24) is 4.57 Å². The minimum Gasteiger partial charge on any atom is -0.345 e. The number of nitrogens with one attached hydrogen (secondary N) is 1. The second-order valence-electron chi connectivity index (χ2n) is 7.40. The highest BCUT2D eigenvalue weighted by atomic mass is 32.2. The molecular formula is C22H23N3O3S. The molecule has 2 heterocycles. The fraction of sp³-hybridized carbons (Fsp3) is 0.227. The third kappa shape index (κ3) is 3.42. The van der Waals surface area contributed by atoms with Crippen molar-refractivity contribution in [3.05, 3.63) is 77.1 Å². The molecular weight excluding hydrogens is 386 g/mol. The standard InChI is InChI=1S/C22H23N3O3S/c1-15-8-9-19(16(2)12-15)23-22(26)21-13-18(14-24(21)3)29(27,28)25-11-10-17-6-4-5-7-20(17)25/h4-9,12-14H,10-11H2,1-3H3,(H,23,26). The van der Waals surface area contributed by atoms with E-state index in [1.807, 2.05) is 56.3 Å². The molecule has 7 heteroatoms. The van der Waals surface area contributed by atoms with Crippen molar-refractivity contribution in [3.63, 3.8) is 0 Å². The van der Waals surface area contributed by atoms with Crippen LogP contribution in [0.5, 0.6) is 0 Å². The van der Waals surface area contributed by atoms with Gasteiger partial charge in [0.15, 0.2) is 0 Å². The predicted molar refractivity (Wildman–Crippen MR) is 114 cm³/mol. The minimum absolute atomic E-state index is 0.113. The van der Waals surface area contributed by atoms with Crippen LogP contribution in [0.4, 0.5) is 11.4 Å². The number of aryl methyl sites for hydroxylation is 3. The molecule has 0 unspecified atom stereocenters. The second kappa shape index (κ2) is 7.08. The van der Waals surface area contributed by atoms with Crippen molar-refractivity contribution < 1.29 is 13.2 Å². The lowest BCUT2D eigenvalue weighted by Gasteiger charge is -2.18. The van der Waals surface area contributed by atoms with Crippen molar-refractivity contribution in [2.45, 2.75) is 25.2 Å². The number of nitrogens with zero attached hydrogens (tertiary/aromatic N) is 2. The maximum atomic E-state index is 13.2. The summed E-state index contributed by atoms with van der Waals surface area (Å²) in [6.45, 7) is 4.32. The fourth-order valence-electron chi connectivity index (χ4n) is 3.73. The summed E-state index contributed by atoms with van der Waals surface area (Å²) in [7, 11) is -2.07. The quantitative estimate of drug-likeness (QED) is 0.715. The molecule has 0 fully saturated rings. The van der Waals surface area contributed by atoms with E-state index in [1.54, 1.807) is 11.6 Å². The molecule has 1 amide bonds. The zero-order valence-corrected chi connectivity index (χ0v) is 17.5. The first-order valence-electron chi connectivity index (χ1n) is 9.43. The number of amides is 1. The van der Waals surface area contributed by atoms with Gasteiger partial charge >= 0.3 is 0 Å². The number of carbonyl (C=O) groups is 1. The lowest BCUT2D eigenvalue weighted by atomic mass is 10.1. The topological polar surface area (TPSA) is 71.4 Å². The molecule has 3 aromatic rings. The monoisotopic (exact) mass is 409 g/mol. The maximum absolute atomic E-state index is 13.2. The van der Waals surface area contributed by atoms with E-state index in [9.17, 15) is 13.2 Å². The lowest BCUT2D eigenvalue weighted by molar-refractivity contribution is 0.101. The van der Waals surface area contributed by atoms with E-state index >= 15 is 0 Å². The van der Waals surface area contributed by atoms with Crippen LogP contribution in [-0.2, 0) is 23.5 Å². The van der Waals surface area contributed by atoms with E-state index in [0.29, 0.717) is 24.3 Å². The van der Waals surface area contributed by atoms with Crippen molar-refractivity contribution in [2.24, 2.45) is 7.05 Å². The van der Waals surface area contributed by atoms with Gasteiger partial charge in [0.05, 0.1) is 5.69 Å². The molecule has 0 atom stereocenters. The van der Waals surface area contributed by atoms with Gasteiger partial charge < -0.3 is 9.88 Å². The van der Waals surface area contributed by atoms with Gasteiger partial charge in [-0.3, -0.25) is 9.10 Å². The Morgan fingerprint density at radius 3 is 2.59 bits per heavy atom. The van der Waals surface area contributed by atoms with E-state index in [1.165, 1.54) is 16.6 Å². The summed E-state index contributed by atoms with van der Waals surface area (Å²) in [6, 6.07) is 14.7. The highest BCUT2D eigenvalue weighted by Crippen LogP contribution is 2.33. The van der Waals surface area contributed by atoms with Crippen LogP contribution in [-0.4, -0.2) is 25.4 Å². The van der Waals surface area contributed by atoms with Crippen LogP contribution in [0.3, 0.4) is 0 Å². The first-order valence-corrected chi connectivity index (χ1v) is 10.9. The molecule has 1 aliphatic rings. The molecule has 150 valence electrons. The number of aromatic nitrogens is 1. The molecule has 4 rings (SSSR count). The van der Waals surface area contributed by atoms with Crippen LogP contribution in [0.1, 0.15) is 27.2 Å². The van der Waals surface area contributed by atoms with E-state index in [0.717, 1.165) is 16.7 Å². The number of hydrogen-bond acceptors (Lipinski definition) is 3. The summed E-state index contributed by atoms with van der Waals surface area (Å²) in [4.78, 5) is 12.9. The largest absolute Gasteiger partial charge is 0.345 e. The van der Waals surface area contributed by atoms with Gasteiger partial charge in [0, 0.05) is 25.5 Å². The molecule has 0 saturated carbocycles. The molecule has 0 aliphatic carbocycles. The molecule has 0 radical (unpaired) electrons. The molecule has 2 aromatic carbocycles. The van der Waals surface area contributed by atoms with Crippen LogP contribution in [0, 0.1) is 13.8 Å². The van der Waals surface area contributed by atoms with Gasteiger partial charge in [-0.2, -0.15) is 0 Å². The number of benzene rings is 2. The SMILES string of the molecule is Cc1ccc(NC(=O)c2cc(S(=O)(=O)N3CCc4ccccc43)cn2C)c(C)c1. The van der Waals surface area contributed by atoms with Crippen molar-refractivity contribution in [2.75, 3.05) is 16.2 Å². The number of fused-ring (bicyclic) bond motifs is 1. The van der Waals surface area contributed by atoms with Crippen LogP contribution in [0.25, 0.3) is 0 Å². The number of para-hydroxylation sites is 1. The molecule has 0 saturated heterocycles. The predicted octanol–water partition coefficient (Wildman–Crippen LogP) is 3.65. The van der Waals surface area contributed by atoms with Crippen molar-refractivity contribution in [1.29, 1.82) is 0 Å². The Morgan fingerprint density at radius 2 is 1.83 bits per heavy atom. The number of sulfonamides is 1. The number of rotatable bonds is 4. The van der Waals surface area contributed by atoms with Gasteiger partial charge in [-0.25, -0.2) is 8.42 Å². The fourth-order valence-corrected chi connectivity index (χ4v) is 5.30. The number of hydrogen-bond donors (Lipinski definition) is 1. The normalized spacial score (nSPS) is 13.4. The first kappa shape index (κ1) is 19.3. The molecule has 29 heavy (non-hydrogen) atoms. The average molecular weight is 410 g/mol. The van der Waals surface area contributed by atoms with Crippen LogP contribution in [0.15, 0.2) is 59.6 Å². The Labute approximate surface area is 170 Å². The Morgan fingerprint density at radius 1 is 1.07 bits per heavy atom. The molecule has 1 aromatic heterocycles. The number of anilines is 2. The third-order valence-corrected chi connectivity index (χ3v) is 7.05. The Bertz CT molecular complexity index is 1210. The summed E-state index contributed by atoms with van der Waals surface area (Å²) in [6.07, 6.45) is 2.18. The first-order chi connectivity index (χ1) is 13.8. The Kier molecular flexibility index (Phi) is 4.70. The van der Waals surface area contributed by atoms with E-state index in [2.05, 4.69) is 5.32 Å². The number of carbonyl (C=O) groups excluding carboxylic acids is 1. The van der Waals surface area contributed by atoms with Crippen LogP contribution in [0.2, 0.25) is 0 Å². The second-order valence-corrected chi connectivity index (χ2v) is 9.26. The Balaban J connectivity index is 1.63. The van der Waals surface area contributed by atoms with Gasteiger partial charge in [0.25, 0.3) is 15.9 Å². The Hall–Kier alpha value is -3.06. The summed E-state index contributed by atoms with van der Waals surface area (Å²) in [5, 5.41) is 2.88. The maximum Gasteiger partial charge on any atom is 0.272 e. The van der Waals surface area contributed by atoms with E-state index in [-0.39, 0.29) is 16.5 Å². The van der Waals surface area contributed by atoms with Gasteiger partial charge in [-0.05, 0) is 49.6 Å². The lowest BCUT2D eigenvalue weighted by Crippen LogP contribution is -2.28. The molecule has 6 nitrogen and oxygen atoms in total. The highest BCUT2D eigenvalue weighted by molar-refractivity contribution is 7.92. The smallest absolute Gasteiger partial charge is 0.272 e. The molecule has 1 N–H and O–H groups in total. The molecule has 1 aliphatic heterocycles. The highest BCUT2D eigenvalue weighted by Gasteiger charge is 2.32. The minimum atomic E-state index is -3.74. The summed E-state index contributed by atoms with van der Waals surface area (Å²) >= 11 is 0. The van der Waals surface area contributed by atoms with E-state index in [4.69, 9.17) is 0 Å².